The van der Waals surface area contributed by atoms with Gasteiger partial charge in [0.2, 0.25) is 15.9 Å². The molecule has 2 aliphatic rings. The predicted molar refractivity (Wildman–Crippen MR) is 127 cm³/mol. The molecule has 1 aliphatic heterocycles. The van der Waals surface area contributed by atoms with Crippen molar-refractivity contribution in [1.29, 1.82) is 0 Å². The van der Waals surface area contributed by atoms with Crippen molar-refractivity contribution in [3.8, 4) is 12.3 Å². The fraction of sp³-hybridized carbons (Fsp3) is 0.423. The lowest BCUT2D eigenvalue weighted by atomic mass is 9.93. The average Bonchev–Trinajstić information content (AvgIpc) is 3.65. The Balaban J connectivity index is 1.48. The number of amides is 1. The van der Waals surface area contributed by atoms with Gasteiger partial charge in [-0.3, -0.25) is 4.79 Å². The Kier molecular flexibility index (Phi) is 6.48. The molecule has 2 fully saturated rings. The van der Waals surface area contributed by atoms with E-state index in [9.17, 15) is 31.5 Å². The maximum atomic E-state index is 13.4. The van der Waals surface area contributed by atoms with Gasteiger partial charge < -0.3 is 10.0 Å². The van der Waals surface area contributed by atoms with E-state index in [4.69, 9.17) is 6.42 Å². The van der Waals surface area contributed by atoms with E-state index < -0.39 is 38.8 Å². The van der Waals surface area contributed by atoms with Crippen molar-refractivity contribution in [3.05, 3.63) is 65.2 Å². The monoisotopic (exact) mass is 520 g/mol. The lowest BCUT2D eigenvalue weighted by Crippen LogP contribution is -2.57. The molecule has 1 saturated carbocycles. The van der Waals surface area contributed by atoms with Crippen LogP contribution >= 0.6 is 0 Å². The SMILES string of the molecule is C#Cc1ccc(C2(C(=O)N3CCN(S(=O)(=O)c4ccc(C(C)(O)C(F)(F)F)cc4)[C@H](C)C3)CC2)cc1. The standard InChI is InChI=1S/C26H27F3N2O4S/c1-4-19-5-7-21(8-6-19)25(13-14-25)23(32)30-15-16-31(18(2)17-30)36(34,35)22-11-9-20(10-12-22)24(3,33)26(27,28)29/h1,5-12,18,33H,13-17H2,2-3H3/t18-,24?/m1/s1. The molecular weight excluding hydrogens is 493 g/mol. The molecule has 0 bridgehead atoms. The lowest BCUT2D eigenvalue weighted by Gasteiger charge is -2.40. The van der Waals surface area contributed by atoms with Crippen LogP contribution in [0.2, 0.25) is 0 Å². The fourth-order valence-electron chi connectivity index (χ4n) is 4.67. The normalized spacial score (nSPS) is 21.9. The van der Waals surface area contributed by atoms with Gasteiger partial charge in [0.25, 0.3) is 0 Å². The van der Waals surface area contributed by atoms with Crippen LogP contribution in [-0.4, -0.2) is 60.5 Å². The predicted octanol–water partition coefficient (Wildman–Crippen LogP) is 3.39. The van der Waals surface area contributed by atoms with Crippen LogP contribution in [0, 0.1) is 12.3 Å². The Morgan fingerprint density at radius 1 is 1.08 bits per heavy atom. The molecule has 2 aromatic rings. The number of benzene rings is 2. The first-order valence-corrected chi connectivity index (χ1v) is 13.0. The van der Waals surface area contributed by atoms with Gasteiger partial charge in [0, 0.05) is 31.2 Å². The molecule has 1 saturated heterocycles. The number of piperazine rings is 1. The first-order valence-electron chi connectivity index (χ1n) is 11.5. The van der Waals surface area contributed by atoms with Crippen LogP contribution in [-0.2, 0) is 25.8 Å². The van der Waals surface area contributed by atoms with Crippen molar-refractivity contribution in [2.45, 2.75) is 54.8 Å². The molecule has 2 atom stereocenters. The van der Waals surface area contributed by atoms with E-state index in [0.717, 1.165) is 35.4 Å². The average molecular weight is 521 g/mol. The van der Waals surface area contributed by atoms with Crippen LogP contribution in [0.3, 0.4) is 0 Å². The molecule has 1 heterocycles. The summed E-state index contributed by atoms with van der Waals surface area (Å²) in [4.78, 5) is 14.9. The van der Waals surface area contributed by atoms with Crippen LogP contribution in [0.5, 0.6) is 0 Å². The summed E-state index contributed by atoms with van der Waals surface area (Å²) < 4.78 is 67.1. The molecule has 1 unspecified atom stereocenters. The Morgan fingerprint density at radius 3 is 2.14 bits per heavy atom. The third-order valence-corrected chi connectivity index (χ3v) is 9.22. The molecular formula is C26H27F3N2O4S. The number of terminal acetylenes is 1. The highest BCUT2D eigenvalue weighted by Crippen LogP contribution is 2.50. The number of alkyl halides is 3. The zero-order valence-corrected chi connectivity index (χ0v) is 20.7. The van der Waals surface area contributed by atoms with Crippen LogP contribution < -0.4 is 0 Å². The molecule has 6 nitrogen and oxygen atoms in total. The first-order chi connectivity index (χ1) is 16.7. The van der Waals surface area contributed by atoms with Gasteiger partial charge in [0.1, 0.15) is 0 Å². The number of halogens is 3. The third kappa shape index (κ3) is 4.40. The molecule has 192 valence electrons. The van der Waals surface area contributed by atoms with E-state index in [1.54, 1.807) is 24.0 Å². The van der Waals surface area contributed by atoms with Gasteiger partial charge in [-0.1, -0.05) is 30.2 Å². The second-order valence-corrected chi connectivity index (χ2v) is 11.5. The van der Waals surface area contributed by atoms with Crippen molar-refractivity contribution in [2.24, 2.45) is 0 Å². The summed E-state index contributed by atoms with van der Waals surface area (Å²) in [5.74, 6) is 2.51. The third-order valence-electron chi connectivity index (χ3n) is 7.19. The summed E-state index contributed by atoms with van der Waals surface area (Å²) in [7, 11) is -4.02. The molecule has 1 amide bonds. The molecule has 4 rings (SSSR count). The fourth-order valence-corrected chi connectivity index (χ4v) is 6.29. The molecule has 10 heteroatoms. The summed E-state index contributed by atoms with van der Waals surface area (Å²) in [5.41, 5.74) is -2.55. The second-order valence-electron chi connectivity index (χ2n) is 9.61. The van der Waals surface area contributed by atoms with Crippen LogP contribution in [0.4, 0.5) is 13.2 Å². The minimum absolute atomic E-state index is 0.0430. The maximum absolute atomic E-state index is 13.4. The molecule has 1 aliphatic carbocycles. The quantitative estimate of drug-likeness (QED) is 0.614. The van der Waals surface area contributed by atoms with Crippen LogP contribution in [0.15, 0.2) is 53.4 Å². The Morgan fingerprint density at radius 2 is 1.67 bits per heavy atom. The first kappa shape index (κ1) is 26.2. The zero-order chi connectivity index (χ0) is 26.5. The number of hydrogen-bond donors (Lipinski definition) is 1. The lowest BCUT2D eigenvalue weighted by molar-refractivity contribution is -0.258. The van der Waals surface area contributed by atoms with Gasteiger partial charge >= 0.3 is 6.18 Å². The number of aliphatic hydroxyl groups is 1. The van der Waals surface area contributed by atoms with E-state index >= 15 is 0 Å². The van der Waals surface area contributed by atoms with E-state index in [1.807, 2.05) is 12.1 Å². The molecule has 0 spiro atoms. The van der Waals surface area contributed by atoms with Gasteiger partial charge in [-0.05, 0) is 62.1 Å². The largest absolute Gasteiger partial charge is 0.421 e. The minimum Gasteiger partial charge on any atom is -0.376 e. The number of rotatable bonds is 5. The Labute approximate surface area is 208 Å². The summed E-state index contributed by atoms with van der Waals surface area (Å²) >= 11 is 0. The summed E-state index contributed by atoms with van der Waals surface area (Å²) in [6.45, 7) is 2.77. The number of nitrogens with zero attached hydrogens (tertiary/aromatic N) is 2. The van der Waals surface area contributed by atoms with E-state index in [-0.39, 0.29) is 30.4 Å². The summed E-state index contributed by atoms with van der Waals surface area (Å²) in [5, 5.41) is 9.84. The molecule has 0 radical (unpaired) electrons. The molecule has 36 heavy (non-hydrogen) atoms. The number of hydrogen-bond acceptors (Lipinski definition) is 4. The van der Waals surface area contributed by atoms with Gasteiger partial charge in [-0.25, -0.2) is 8.42 Å². The highest BCUT2D eigenvalue weighted by Gasteiger charge is 2.54. The van der Waals surface area contributed by atoms with Crippen LogP contribution in [0.25, 0.3) is 0 Å². The van der Waals surface area contributed by atoms with Gasteiger partial charge in [0.15, 0.2) is 5.60 Å². The molecule has 1 N–H and O–H groups in total. The van der Waals surface area contributed by atoms with E-state index in [1.165, 1.54) is 4.31 Å². The summed E-state index contributed by atoms with van der Waals surface area (Å²) in [6.07, 6.45) is 1.93. The smallest absolute Gasteiger partial charge is 0.376 e. The summed E-state index contributed by atoms with van der Waals surface area (Å²) in [6, 6.07) is 10.9. The highest BCUT2D eigenvalue weighted by molar-refractivity contribution is 7.89. The Bertz CT molecular complexity index is 1290. The van der Waals surface area contributed by atoms with Crippen molar-refractivity contribution in [1.82, 2.24) is 9.21 Å². The van der Waals surface area contributed by atoms with Crippen molar-refractivity contribution >= 4 is 15.9 Å². The molecule has 0 aromatic heterocycles. The zero-order valence-electron chi connectivity index (χ0n) is 19.9. The highest BCUT2D eigenvalue weighted by atomic mass is 32.2. The van der Waals surface area contributed by atoms with E-state index in [2.05, 4.69) is 5.92 Å². The van der Waals surface area contributed by atoms with Crippen molar-refractivity contribution < 1.29 is 31.5 Å². The topological polar surface area (TPSA) is 77.9 Å². The van der Waals surface area contributed by atoms with Gasteiger partial charge in [0.05, 0.1) is 10.3 Å². The second kappa shape index (κ2) is 8.91. The number of carbonyl (C=O) groups excluding carboxylic acids is 1. The number of sulfonamides is 1. The van der Waals surface area contributed by atoms with E-state index in [0.29, 0.717) is 19.8 Å². The minimum atomic E-state index is -4.91. The number of carbonyl (C=O) groups is 1. The van der Waals surface area contributed by atoms with Crippen molar-refractivity contribution in [3.63, 3.8) is 0 Å². The molecule has 2 aromatic carbocycles. The Hall–Kier alpha value is -2.87. The van der Waals surface area contributed by atoms with Gasteiger partial charge in [-0.2, -0.15) is 17.5 Å². The maximum Gasteiger partial charge on any atom is 0.421 e. The van der Waals surface area contributed by atoms with Crippen LogP contribution in [0.1, 0.15) is 43.4 Å². The van der Waals surface area contributed by atoms with Gasteiger partial charge in [-0.15, -0.1) is 6.42 Å². The van der Waals surface area contributed by atoms with Crippen molar-refractivity contribution in [2.75, 3.05) is 19.6 Å².